The summed E-state index contributed by atoms with van der Waals surface area (Å²) in [7, 11) is 1.37. The fourth-order valence-electron chi connectivity index (χ4n) is 1.53. The van der Waals surface area contributed by atoms with E-state index in [2.05, 4.69) is 4.74 Å². The molecule has 1 fully saturated rings. The van der Waals surface area contributed by atoms with Crippen molar-refractivity contribution in [2.45, 2.75) is 26.2 Å². The molecule has 0 N–H and O–H groups in total. The lowest BCUT2D eigenvalue weighted by Crippen LogP contribution is -2.28. The number of esters is 1. The van der Waals surface area contributed by atoms with Crippen LogP contribution < -0.4 is 0 Å². The number of ketones is 1. The molecule has 0 amide bonds. The Morgan fingerprint density at radius 1 is 1.50 bits per heavy atom. The first-order valence-corrected chi connectivity index (χ1v) is 4.25. The molecule has 0 saturated heterocycles. The lowest BCUT2D eigenvalue weighted by atomic mass is 9.82. The first kappa shape index (κ1) is 9.23. The Bertz CT molecular complexity index is 196. The minimum Gasteiger partial charge on any atom is -0.469 e. The van der Waals surface area contributed by atoms with Gasteiger partial charge in [-0.05, 0) is 12.8 Å². The number of carbonyl (C=O) groups excluding carboxylic acids is 2. The number of methoxy groups -OCH3 is 1. The van der Waals surface area contributed by atoms with Gasteiger partial charge < -0.3 is 4.74 Å². The van der Waals surface area contributed by atoms with E-state index in [1.807, 2.05) is 6.92 Å². The van der Waals surface area contributed by atoms with Gasteiger partial charge in [-0.15, -0.1) is 0 Å². The summed E-state index contributed by atoms with van der Waals surface area (Å²) in [6, 6.07) is 0. The number of hydrogen-bond donors (Lipinski definition) is 0. The molecule has 1 aliphatic carbocycles. The summed E-state index contributed by atoms with van der Waals surface area (Å²) in [5, 5.41) is 0. The van der Waals surface area contributed by atoms with Gasteiger partial charge in [-0.1, -0.05) is 6.92 Å². The predicted molar refractivity (Wildman–Crippen MR) is 43.5 cm³/mol. The van der Waals surface area contributed by atoms with Crippen molar-refractivity contribution in [1.29, 1.82) is 0 Å². The van der Waals surface area contributed by atoms with Crippen molar-refractivity contribution in [3.8, 4) is 0 Å². The molecule has 0 spiro atoms. The van der Waals surface area contributed by atoms with E-state index in [4.69, 9.17) is 0 Å². The van der Waals surface area contributed by atoms with Crippen molar-refractivity contribution in [2.24, 2.45) is 11.8 Å². The average Bonchev–Trinajstić information content (AvgIpc) is 2.08. The van der Waals surface area contributed by atoms with Gasteiger partial charge in [0.2, 0.25) is 0 Å². The highest BCUT2D eigenvalue weighted by atomic mass is 16.5. The summed E-state index contributed by atoms with van der Waals surface area (Å²) < 4.78 is 4.58. The van der Waals surface area contributed by atoms with Crippen molar-refractivity contribution < 1.29 is 14.3 Å². The Hall–Kier alpha value is -0.860. The van der Waals surface area contributed by atoms with Crippen LogP contribution in [0.4, 0.5) is 0 Å². The van der Waals surface area contributed by atoms with Gasteiger partial charge in [0.25, 0.3) is 0 Å². The van der Waals surface area contributed by atoms with Gasteiger partial charge in [-0.3, -0.25) is 9.59 Å². The number of hydrogen-bond acceptors (Lipinski definition) is 3. The largest absolute Gasteiger partial charge is 0.469 e. The Labute approximate surface area is 72.1 Å². The van der Waals surface area contributed by atoms with Crippen LogP contribution in [0.2, 0.25) is 0 Å². The van der Waals surface area contributed by atoms with Crippen LogP contribution in [0.1, 0.15) is 26.2 Å². The molecule has 1 aliphatic rings. The molecule has 0 aromatic heterocycles. The number of carbonyl (C=O) groups is 2. The lowest BCUT2D eigenvalue weighted by molar-refractivity contribution is -0.149. The molecule has 1 saturated carbocycles. The van der Waals surface area contributed by atoms with E-state index < -0.39 is 0 Å². The molecular formula is C9H14O3. The lowest BCUT2D eigenvalue weighted by Gasteiger charge is -2.22. The highest BCUT2D eigenvalue weighted by Crippen LogP contribution is 2.26. The maximum absolute atomic E-state index is 11.2. The van der Waals surface area contributed by atoms with Crippen LogP contribution in [-0.2, 0) is 14.3 Å². The highest BCUT2D eigenvalue weighted by Gasteiger charge is 2.30. The van der Waals surface area contributed by atoms with Crippen LogP contribution in [0.15, 0.2) is 0 Å². The summed E-state index contributed by atoms with van der Waals surface area (Å²) in [6.07, 6.45) is 1.98. The first-order chi connectivity index (χ1) is 5.65. The molecule has 0 bridgehead atoms. The fourth-order valence-corrected chi connectivity index (χ4v) is 1.53. The van der Waals surface area contributed by atoms with Gasteiger partial charge in [0.15, 0.2) is 0 Å². The smallest absolute Gasteiger partial charge is 0.309 e. The van der Waals surface area contributed by atoms with E-state index in [0.29, 0.717) is 6.42 Å². The van der Waals surface area contributed by atoms with Crippen molar-refractivity contribution in [1.82, 2.24) is 0 Å². The van der Waals surface area contributed by atoms with Crippen molar-refractivity contribution in [3.05, 3.63) is 0 Å². The fraction of sp³-hybridized carbons (Fsp3) is 0.778. The molecule has 2 atom stereocenters. The Morgan fingerprint density at radius 3 is 2.67 bits per heavy atom. The summed E-state index contributed by atoms with van der Waals surface area (Å²) in [5.74, 6) is -0.100. The molecule has 3 heteroatoms. The van der Waals surface area contributed by atoms with E-state index in [9.17, 15) is 9.59 Å². The predicted octanol–water partition coefficient (Wildman–Crippen LogP) is 1.16. The third-order valence-electron chi connectivity index (χ3n) is 2.48. The molecule has 0 aromatic rings. The Morgan fingerprint density at radius 2 is 2.17 bits per heavy atom. The second-order valence-electron chi connectivity index (χ2n) is 3.37. The zero-order valence-corrected chi connectivity index (χ0v) is 7.50. The highest BCUT2D eigenvalue weighted by molar-refractivity contribution is 5.87. The van der Waals surface area contributed by atoms with Crippen LogP contribution in [-0.4, -0.2) is 18.9 Å². The molecule has 0 radical (unpaired) electrons. The summed E-state index contributed by atoms with van der Waals surface area (Å²) in [5.41, 5.74) is 0. The van der Waals surface area contributed by atoms with Crippen LogP contribution in [0.25, 0.3) is 0 Å². The molecule has 0 aliphatic heterocycles. The molecule has 3 nitrogen and oxygen atoms in total. The van der Waals surface area contributed by atoms with E-state index >= 15 is 0 Å². The average molecular weight is 170 g/mol. The zero-order valence-electron chi connectivity index (χ0n) is 7.50. The maximum atomic E-state index is 11.2. The van der Waals surface area contributed by atoms with Crippen molar-refractivity contribution in [3.63, 3.8) is 0 Å². The van der Waals surface area contributed by atoms with E-state index in [0.717, 1.165) is 12.8 Å². The minimum atomic E-state index is -0.241. The third kappa shape index (κ3) is 1.84. The normalized spacial score (nSPS) is 30.0. The van der Waals surface area contributed by atoms with Gasteiger partial charge >= 0.3 is 5.97 Å². The summed E-state index contributed by atoms with van der Waals surface area (Å²) >= 11 is 0. The topological polar surface area (TPSA) is 43.4 Å². The quantitative estimate of drug-likeness (QED) is 0.555. The van der Waals surface area contributed by atoms with Crippen LogP contribution >= 0.6 is 0 Å². The summed E-state index contributed by atoms with van der Waals surface area (Å²) in [4.78, 5) is 22.3. The molecular weight excluding hydrogens is 156 g/mol. The molecule has 12 heavy (non-hydrogen) atoms. The van der Waals surface area contributed by atoms with Gasteiger partial charge in [0.1, 0.15) is 5.78 Å². The van der Waals surface area contributed by atoms with E-state index in [1.165, 1.54) is 7.11 Å². The van der Waals surface area contributed by atoms with Gasteiger partial charge in [-0.2, -0.15) is 0 Å². The molecule has 0 aromatic carbocycles. The second kappa shape index (κ2) is 3.70. The number of ether oxygens (including phenoxy) is 1. The maximum Gasteiger partial charge on any atom is 0.309 e. The number of rotatable bonds is 1. The minimum absolute atomic E-state index is 0.130. The van der Waals surface area contributed by atoms with Crippen LogP contribution in [0, 0.1) is 11.8 Å². The van der Waals surface area contributed by atoms with Crippen LogP contribution in [0.5, 0.6) is 0 Å². The first-order valence-electron chi connectivity index (χ1n) is 4.25. The van der Waals surface area contributed by atoms with E-state index in [-0.39, 0.29) is 23.6 Å². The standard InChI is InChI=1S/C9H14O3/c1-6-3-4-7(5-8(6)10)9(11)12-2/h6-7H,3-5H2,1-2H3. The molecule has 2 unspecified atom stereocenters. The summed E-state index contributed by atoms with van der Waals surface area (Å²) in [6.45, 7) is 1.91. The van der Waals surface area contributed by atoms with E-state index in [1.54, 1.807) is 0 Å². The van der Waals surface area contributed by atoms with Gasteiger partial charge in [0, 0.05) is 12.3 Å². The van der Waals surface area contributed by atoms with Gasteiger partial charge in [-0.25, -0.2) is 0 Å². The van der Waals surface area contributed by atoms with Crippen LogP contribution in [0.3, 0.4) is 0 Å². The molecule has 68 valence electrons. The molecule has 1 rings (SSSR count). The SMILES string of the molecule is COC(=O)C1CCC(C)C(=O)C1. The number of Topliss-reactive ketones (excluding diaryl/α,β-unsaturated/α-hetero) is 1. The second-order valence-corrected chi connectivity index (χ2v) is 3.37. The third-order valence-corrected chi connectivity index (χ3v) is 2.48. The van der Waals surface area contributed by atoms with Crippen molar-refractivity contribution >= 4 is 11.8 Å². The monoisotopic (exact) mass is 170 g/mol. The van der Waals surface area contributed by atoms with Crippen molar-refractivity contribution in [2.75, 3.05) is 7.11 Å². The molecule has 0 heterocycles. The zero-order chi connectivity index (χ0) is 9.14. The Balaban J connectivity index is 2.51. The van der Waals surface area contributed by atoms with Gasteiger partial charge in [0.05, 0.1) is 13.0 Å². The Kier molecular flexibility index (Phi) is 2.84.